The number of nitrogens with zero attached hydrogens (tertiary/aromatic N) is 4. The number of piperidine rings is 1. The van der Waals surface area contributed by atoms with Crippen LogP contribution in [0.15, 0.2) is 42.6 Å². The average Bonchev–Trinajstić information content (AvgIpc) is 3.13. The van der Waals surface area contributed by atoms with E-state index < -0.39 is 0 Å². The summed E-state index contributed by atoms with van der Waals surface area (Å²) in [5.74, 6) is 1.24. The molecule has 158 valence electrons. The second-order valence-corrected chi connectivity index (χ2v) is 7.89. The van der Waals surface area contributed by atoms with E-state index in [1.807, 2.05) is 22.9 Å². The molecule has 1 aliphatic heterocycles. The minimum Gasteiger partial charge on any atom is -0.497 e. The maximum Gasteiger partial charge on any atom is 0.216 e. The highest BCUT2D eigenvalue weighted by atomic mass is 16.5. The van der Waals surface area contributed by atoms with Crippen molar-refractivity contribution in [2.75, 3.05) is 26.7 Å². The fourth-order valence-corrected chi connectivity index (χ4v) is 4.24. The Morgan fingerprint density at radius 1 is 1.27 bits per heavy atom. The van der Waals surface area contributed by atoms with Crippen molar-refractivity contribution in [1.82, 2.24) is 25.0 Å². The van der Waals surface area contributed by atoms with Crippen molar-refractivity contribution in [3.63, 3.8) is 0 Å². The second-order valence-electron chi connectivity index (χ2n) is 7.89. The van der Waals surface area contributed by atoms with Crippen LogP contribution < -0.4 is 10.1 Å². The average molecular weight is 408 g/mol. The fraction of sp³-hybridized carbons (Fsp3) is 0.435. The lowest BCUT2D eigenvalue weighted by Gasteiger charge is -2.32. The van der Waals surface area contributed by atoms with Gasteiger partial charge in [0.25, 0.3) is 0 Å². The molecule has 0 unspecified atom stereocenters. The van der Waals surface area contributed by atoms with E-state index in [1.165, 1.54) is 12.5 Å². The number of amides is 1. The van der Waals surface area contributed by atoms with Gasteiger partial charge >= 0.3 is 0 Å². The van der Waals surface area contributed by atoms with Crippen LogP contribution in [0.3, 0.4) is 0 Å². The van der Waals surface area contributed by atoms with Crippen molar-refractivity contribution in [1.29, 1.82) is 0 Å². The van der Waals surface area contributed by atoms with Gasteiger partial charge in [0, 0.05) is 44.1 Å². The summed E-state index contributed by atoms with van der Waals surface area (Å²) in [5, 5.41) is 8.90. The van der Waals surface area contributed by atoms with Gasteiger partial charge in [0.2, 0.25) is 5.91 Å². The molecule has 0 aliphatic carbocycles. The van der Waals surface area contributed by atoms with Crippen LogP contribution in [0.4, 0.5) is 0 Å². The van der Waals surface area contributed by atoms with Gasteiger partial charge < -0.3 is 10.1 Å². The third-order valence-electron chi connectivity index (χ3n) is 5.69. The third kappa shape index (κ3) is 4.62. The second kappa shape index (κ2) is 9.26. The first-order valence-electron chi connectivity index (χ1n) is 10.5. The molecule has 7 nitrogen and oxygen atoms in total. The number of benzene rings is 1. The summed E-state index contributed by atoms with van der Waals surface area (Å²) in [6.07, 6.45) is 4.09. The molecule has 1 saturated heterocycles. The van der Waals surface area contributed by atoms with Crippen molar-refractivity contribution in [2.24, 2.45) is 0 Å². The van der Waals surface area contributed by atoms with Crippen molar-refractivity contribution < 1.29 is 9.53 Å². The smallest absolute Gasteiger partial charge is 0.216 e. The third-order valence-corrected chi connectivity index (χ3v) is 5.69. The van der Waals surface area contributed by atoms with Gasteiger partial charge in [-0.05, 0) is 49.2 Å². The summed E-state index contributed by atoms with van der Waals surface area (Å²) in [4.78, 5) is 18.3. The SMILES string of the molecule is COc1ccc(CN2CCC[C@@H](c3nn(CCNC(C)=O)c4ncccc34)C2)cc1. The number of ether oxygens (including phenoxy) is 1. The Morgan fingerprint density at radius 3 is 2.87 bits per heavy atom. The summed E-state index contributed by atoms with van der Waals surface area (Å²) in [6.45, 7) is 5.72. The maximum atomic E-state index is 11.2. The van der Waals surface area contributed by atoms with Gasteiger partial charge in [0.15, 0.2) is 5.65 Å². The zero-order valence-corrected chi connectivity index (χ0v) is 17.7. The Bertz CT molecular complexity index is 999. The van der Waals surface area contributed by atoms with E-state index in [9.17, 15) is 4.79 Å². The standard InChI is InChI=1S/C23H29N5O2/c1-17(29)24-12-14-28-23-21(6-3-11-25-23)22(26-28)19-5-4-13-27(16-19)15-18-7-9-20(30-2)10-8-18/h3,6-11,19H,4-5,12-16H2,1-2H3,(H,24,29)/t19-/m1/s1. The van der Waals surface area contributed by atoms with Gasteiger partial charge in [-0.2, -0.15) is 5.10 Å². The van der Waals surface area contributed by atoms with Crippen LogP contribution in [0.25, 0.3) is 11.0 Å². The quantitative estimate of drug-likeness (QED) is 0.652. The first-order valence-corrected chi connectivity index (χ1v) is 10.5. The summed E-state index contributed by atoms with van der Waals surface area (Å²) >= 11 is 0. The molecule has 2 aromatic heterocycles. The maximum absolute atomic E-state index is 11.2. The van der Waals surface area contributed by atoms with Gasteiger partial charge in [-0.3, -0.25) is 9.69 Å². The minimum atomic E-state index is -0.0268. The molecule has 1 amide bonds. The predicted molar refractivity (Wildman–Crippen MR) is 116 cm³/mol. The lowest BCUT2D eigenvalue weighted by atomic mass is 9.93. The molecule has 1 atom stereocenters. The van der Waals surface area contributed by atoms with E-state index in [1.54, 1.807) is 13.3 Å². The van der Waals surface area contributed by atoms with Gasteiger partial charge in [-0.1, -0.05) is 12.1 Å². The number of nitrogens with one attached hydrogen (secondary N) is 1. The number of methoxy groups -OCH3 is 1. The molecule has 1 aromatic carbocycles. The molecular weight excluding hydrogens is 378 g/mol. The van der Waals surface area contributed by atoms with Crippen LogP contribution in [0, 0.1) is 0 Å². The molecule has 30 heavy (non-hydrogen) atoms. The van der Waals surface area contributed by atoms with Gasteiger partial charge in [0.1, 0.15) is 5.75 Å². The largest absolute Gasteiger partial charge is 0.497 e. The number of fused-ring (bicyclic) bond motifs is 1. The van der Waals surface area contributed by atoms with Crippen LogP contribution in [0.2, 0.25) is 0 Å². The summed E-state index contributed by atoms with van der Waals surface area (Å²) in [7, 11) is 1.69. The molecule has 0 saturated carbocycles. The van der Waals surface area contributed by atoms with Crippen molar-refractivity contribution in [3.8, 4) is 5.75 Å². The van der Waals surface area contributed by atoms with E-state index in [0.29, 0.717) is 19.0 Å². The zero-order chi connectivity index (χ0) is 20.9. The van der Waals surface area contributed by atoms with Crippen LogP contribution in [-0.4, -0.2) is 52.3 Å². The summed E-state index contributed by atoms with van der Waals surface area (Å²) in [6, 6.07) is 12.4. The highest BCUT2D eigenvalue weighted by Crippen LogP contribution is 2.31. The minimum absolute atomic E-state index is 0.0268. The van der Waals surface area contributed by atoms with Crippen LogP contribution >= 0.6 is 0 Å². The van der Waals surface area contributed by atoms with Crippen LogP contribution in [-0.2, 0) is 17.9 Å². The van der Waals surface area contributed by atoms with E-state index in [2.05, 4.69) is 33.4 Å². The molecule has 3 aromatic rings. The van der Waals surface area contributed by atoms with E-state index in [0.717, 1.165) is 55.0 Å². The fourth-order valence-electron chi connectivity index (χ4n) is 4.24. The van der Waals surface area contributed by atoms with Crippen molar-refractivity contribution in [2.45, 2.75) is 38.8 Å². The number of aromatic nitrogens is 3. The number of rotatable bonds is 7. The molecule has 1 N–H and O–H groups in total. The molecule has 0 radical (unpaired) electrons. The van der Waals surface area contributed by atoms with Gasteiger partial charge in [-0.15, -0.1) is 0 Å². The molecule has 0 bridgehead atoms. The molecule has 0 spiro atoms. The van der Waals surface area contributed by atoms with Crippen molar-refractivity contribution >= 4 is 16.9 Å². The molecule has 4 rings (SSSR count). The Kier molecular flexibility index (Phi) is 6.28. The number of hydrogen-bond donors (Lipinski definition) is 1. The van der Waals surface area contributed by atoms with Crippen LogP contribution in [0.1, 0.15) is 36.9 Å². The van der Waals surface area contributed by atoms with Gasteiger partial charge in [0.05, 0.1) is 19.3 Å². The molecular formula is C23H29N5O2. The first-order chi connectivity index (χ1) is 14.6. The van der Waals surface area contributed by atoms with Crippen LogP contribution in [0.5, 0.6) is 5.75 Å². The zero-order valence-electron chi connectivity index (χ0n) is 17.7. The lowest BCUT2D eigenvalue weighted by Crippen LogP contribution is -2.34. The first kappa shape index (κ1) is 20.3. The predicted octanol–water partition coefficient (Wildman–Crippen LogP) is 2.96. The lowest BCUT2D eigenvalue weighted by molar-refractivity contribution is -0.118. The summed E-state index contributed by atoms with van der Waals surface area (Å²) < 4.78 is 7.20. The molecule has 7 heteroatoms. The number of likely N-dealkylation sites (tertiary alicyclic amines) is 1. The Balaban J connectivity index is 1.50. The summed E-state index contributed by atoms with van der Waals surface area (Å²) in [5.41, 5.74) is 3.31. The highest BCUT2D eigenvalue weighted by molar-refractivity contribution is 5.79. The Morgan fingerprint density at radius 2 is 2.10 bits per heavy atom. The van der Waals surface area contributed by atoms with Crippen molar-refractivity contribution in [3.05, 3.63) is 53.9 Å². The monoisotopic (exact) mass is 407 g/mol. The molecule has 3 heterocycles. The topological polar surface area (TPSA) is 72.3 Å². The highest BCUT2D eigenvalue weighted by Gasteiger charge is 2.26. The number of pyridine rings is 1. The normalized spacial score (nSPS) is 17.2. The molecule has 1 aliphatic rings. The number of carbonyl (C=O) groups excluding carboxylic acids is 1. The number of hydrogen-bond acceptors (Lipinski definition) is 5. The Labute approximate surface area is 177 Å². The van der Waals surface area contributed by atoms with Gasteiger partial charge in [-0.25, -0.2) is 9.67 Å². The molecule has 1 fully saturated rings. The number of carbonyl (C=O) groups is 1. The van der Waals surface area contributed by atoms with E-state index in [-0.39, 0.29) is 5.91 Å². The van der Waals surface area contributed by atoms with E-state index >= 15 is 0 Å². The Hall–Kier alpha value is -2.93. The van der Waals surface area contributed by atoms with E-state index in [4.69, 9.17) is 9.84 Å².